The highest BCUT2D eigenvalue weighted by atomic mass is 16.5. The van der Waals surface area contributed by atoms with Crippen LogP contribution in [0.1, 0.15) is 18.1 Å². The normalized spacial score (nSPS) is 19.5. The fourth-order valence-electron chi connectivity index (χ4n) is 3.44. The van der Waals surface area contributed by atoms with Crippen LogP contribution in [0.5, 0.6) is 11.5 Å². The van der Waals surface area contributed by atoms with Crippen LogP contribution in [0.25, 0.3) is 0 Å². The van der Waals surface area contributed by atoms with Gasteiger partial charge in [0.2, 0.25) is 5.91 Å². The van der Waals surface area contributed by atoms with Crippen molar-refractivity contribution in [3.8, 4) is 11.5 Å². The van der Waals surface area contributed by atoms with Crippen LogP contribution >= 0.6 is 0 Å². The summed E-state index contributed by atoms with van der Waals surface area (Å²) in [6.07, 6.45) is 0.913. The minimum absolute atomic E-state index is 0.121. The molecule has 0 saturated carbocycles. The zero-order valence-electron chi connectivity index (χ0n) is 14.7. The van der Waals surface area contributed by atoms with Gasteiger partial charge >= 0.3 is 0 Å². The smallest absolute Gasteiger partial charge is 0.239 e. The van der Waals surface area contributed by atoms with E-state index in [1.165, 1.54) is 11.1 Å². The maximum absolute atomic E-state index is 12.7. The SMILES string of the molecule is COc1cc2c(cc1OC)CN(C(C)C(=O)N1CCOCC1)CC2. The van der Waals surface area contributed by atoms with Gasteiger partial charge in [-0.05, 0) is 36.6 Å². The Morgan fingerprint density at radius 3 is 2.33 bits per heavy atom. The molecule has 1 atom stereocenters. The van der Waals surface area contributed by atoms with E-state index in [9.17, 15) is 4.79 Å². The summed E-state index contributed by atoms with van der Waals surface area (Å²) < 4.78 is 16.1. The van der Waals surface area contributed by atoms with Gasteiger partial charge in [0, 0.05) is 26.2 Å². The summed E-state index contributed by atoms with van der Waals surface area (Å²) in [5, 5.41) is 0. The van der Waals surface area contributed by atoms with Gasteiger partial charge in [-0.2, -0.15) is 0 Å². The minimum Gasteiger partial charge on any atom is -0.493 e. The fourth-order valence-corrected chi connectivity index (χ4v) is 3.44. The number of carbonyl (C=O) groups is 1. The molecule has 0 bridgehead atoms. The second-order valence-electron chi connectivity index (χ2n) is 6.31. The Hall–Kier alpha value is -1.79. The van der Waals surface area contributed by atoms with Crippen LogP contribution < -0.4 is 9.47 Å². The number of nitrogens with zero attached hydrogens (tertiary/aromatic N) is 2. The third-order valence-electron chi connectivity index (χ3n) is 4.98. The average Bonchev–Trinajstić information content (AvgIpc) is 2.65. The molecule has 1 unspecified atom stereocenters. The van der Waals surface area contributed by atoms with Crippen LogP contribution in [0, 0.1) is 0 Å². The van der Waals surface area contributed by atoms with E-state index in [1.54, 1.807) is 14.2 Å². The molecule has 0 aliphatic carbocycles. The number of fused-ring (bicyclic) bond motifs is 1. The van der Waals surface area contributed by atoms with Gasteiger partial charge in [0.25, 0.3) is 0 Å². The van der Waals surface area contributed by atoms with E-state index in [0.29, 0.717) is 26.3 Å². The molecule has 0 spiro atoms. The van der Waals surface area contributed by atoms with Crippen LogP contribution in [0.15, 0.2) is 12.1 Å². The molecule has 1 amide bonds. The van der Waals surface area contributed by atoms with Gasteiger partial charge in [-0.3, -0.25) is 9.69 Å². The highest BCUT2D eigenvalue weighted by Crippen LogP contribution is 2.33. The van der Waals surface area contributed by atoms with Crippen molar-refractivity contribution in [3.63, 3.8) is 0 Å². The average molecular weight is 334 g/mol. The van der Waals surface area contributed by atoms with Crippen LogP contribution in [0.2, 0.25) is 0 Å². The number of rotatable bonds is 4. The van der Waals surface area contributed by atoms with Crippen LogP contribution in [0.4, 0.5) is 0 Å². The molecule has 2 heterocycles. The lowest BCUT2D eigenvalue weighted by molar-refractivity contribution is -0.140. The Morgan fingerprint density at radius 1 is 1.08 bits per heavy atom. The number of hydrogen-bond acceptors (Lipinski definition) is 5. The number of benzene rings is 1. The van der Waals surface area contributed by atoms with Gasteiger partial charge in [0.1, 0.15) is 0 Å². The second-order valence-corrected chi connectivity index (χ2v) is 6.31. The van der Waals surface area contributed by atoms with Gasteiger partial charge in [-0.15, -0.1) is 0 Å². The van der Waals surface area contributed by atoms with Gasteiger partial charge < -0.3 is 19.1 Å². The largest absolute Gasteiger partial charge is 0.493 e. The molecular weight excluding hydrogens is 308 g/mol. The molecule has 1 fully saturated rings. The number of morpholine rings is 1. The molecule has 132 valence electrons. The summed E-state index contributed by atoms with van der Waals surface area (Å²) in [5.74, 6) is 1.70. The molecule has 0 N–H and O–H groups in total. The molecule has 0 aromatic heterocycles. The summed E-state index contributed by atoms with van der Waals surface area (Å²) in [7, 11) is 3.30. The lowest BCUT2D eigenvalue weighted by Gasteiger charge is -2.37. The Morgan fingerprint density at radius 2 is 1.71 bits per heavy atom. The lowest BCUT2D eigenvalue weighted by atomic mass is 9.97. The van der Waals surface area contributed by atoms with Crippen molar-refractivity contribution in [2.45, 2.75) is 25.9 Å². The Labute approximate surface area is 143 Å². The monoisotopic (exact) mass is 334 g/mol. The number of hydrogen-bond donors (Lipinski definition) is 0. The van der Waals surface area contributed by atoms with Crippen molar-refractivity contribution in [2.24, 2.45) is 0 Å². The first-order valence-corrected chi connectivity index (χ1v) is 8.48. The van der Waals surface area contributed by atoms with Crippen LogP contribution in [0.3, 0.4) is 0 Å². The highest BCUT2D eigenvalue weighted by Gasteiger charge is 2.30. The third kappa shape index (κ3) is 3.35. The van der Waals surface area contributed by atoms with E-state index in [2.05, 4.69) is 11.0 Å². The topological polar surface area (TPSA) is 51.2 Å². The molecule has 1 aromatic carbocycles. The maximum atomic E-state index is 12.7. The second kappa shape index (κ2) is 7.40. The predicted molar refractivity (Wildman–Crippen MR) is 90.5 cm³/mol. The predicted octanol–water partition coefficient (Wildman–Crippen LogP) is 1.31. The Bertz CT molecular complexity index is 599. The number of ether oxygens (including phenoxy) is 3. The first-order chi connectivity index (χ1) is 11.6. The highest BCUT2D eigenvalue weighted by molar-refractivity contribution is 5.81. The molecule has 3 rings (SSSR count). The molecule has 2 aliphatic rings. The van der Waals surface area contributed by atoms with Crippen molar-refractivity contribution >= 4 is 5.91 Å². The van der Waals surface area contributed by atoms with Crippen molar-refractivity contribution in [2.75, 3.05) is 47.1 Å². The minimum atomic E-state index is -0.121. The number of amides is 1. The maximum Gasteiger partial charge on any atom is 0.239 e. The quantitative estimate of drug-likeness (QED) is 0.831. The zero-order chi connectivity index (χ0) is 17.1. The van der Waals surface area contributed by atoms with E-state index < -0.39 is 0 Å². The van der Waals surface area contributed by atoms with Gasteiger partial charge in [-0.25, -0.2) is 0 Å². The zero-order valence-corrected chi connectivity index (χ0v) is 14.7. The lowest BCUT2D eigenvalue weighted by Crippen LogP contribution is -2.51. The molecule has 6 nitrogen and oxygen atoms in total. The summed E-state index contributed by atoms with van der Waals surface area (Å²) in [5.41, 5.74) is 2.48. The Kier molecular flexibility index (Phi) is 5.26. The number of methoxy groups -OCH3 is 2. The van der Waals surface area contributed by atoms with E-state index in [-0.39, 0.29) is 11.9 Å². The Balaban J connectivity index is 1.72. The van der Waals surface area contributed by atoms with Crippen molar-refractivity contribution in [1.29, 1.82) is 0 Å². The van der Waals surface area contributed by atoms with Crippen LogP contribution in [-0.4, -0.2) is 68.8 Å². The number of carbonyl (C=O) groups excluding carboxylic acids is 1. The van der Waals surface area contributed by atoms with E-state index in [4.69, 9.17) is 14.2 Å². The first kappa shape index (κ1) is 17.0. The van der Waals surface area contributed by atoms with Crippen molar-refractivity contribution < 1.29 is 19.0 Å². The van der Waals surface area contributed by atoms with Crippen molar-refractivity contribution in [1.82, 2.24) is 9.80 Å². The van der Waals surface area contributed by atoms with Crippen LogP contribution in [-0.2, 0) is 22.5 Å². The van der Waals surface area contributed by atoms with E-state index >= 15 is 0 Å². The molecule has 1 saturated heterocycles. The van der Waals surface area contributed by atoms with Gasteiger partial charge in [-0.1, -0.05) is 0 Å². The summed E-state index contributed by atoms with van der Waals surface area (Å²) in [4.78, 5) is 16.9. The summed E-state index contributed by atoms with van der Waals surface area (Å²) >= 11 is 0. The molecule has 6 heteroatoms. The molecule has 0 radical (unpaired) electrons. The third-order valence-corrected chi connectivity index (χ3v) is 4.98. The molecule has 24 heavy (non-hydrogen) atoms. The fraction of sp³-hybridized carbons (Fsp3) is 0.611. The first-order valence-electron chi connectivity index (χ1n) is 8.48. The molecule has 2 aliphatic heterocycles. The summed E-state index contributed by atoms with van der Waals surface area (Å²) in [6, 6.07) is 3.97. The molecule has 1 aromatic rings. The van der Waals surface area contributed by atoms with Gasteiger partial charge in [0.05, 0.1) is 33.5 Å². The molecular formula is C18H26N2O4. The van der Waals surface area contributed by atoms with E-state index in [1.807, 2.05) is 17.9 Å². The standard InChI is InChI=1S/C18H26N2O4/c1-13(18(21)19-6-8-24-9-7-19)20-5-4-14-10-16(22-2)17(23-3)11-15(14)12-20/h10-11,13H,4-9,12H2,1-3H3. The van der Waals surface area contributed by atoms with Crippen molar-refractivity contribution in [3.05, 3.63) is 23.3 Å². The van der Waals surface area contributed by atoms with E-state index in [0.717, 1.165) is 31.0 Å². The summed E-state index contributed by atoms with van der Waals surface area (Å²) in [6.45, 7) is 6.30. The van der Waals surface area contributed by atoms with Gasteiger partial charge in [0.15, 0.2) is 11.5 Å².